The highest BCUT2D eigenvalue weighted by molar-refractivity contribution is 6.80. The van der Waals surface area contributed by atoms with Gasteiger partial charge in [0.2, 0.25) is 0 Å². The van der Waals surface area contributed by atoms with Crippen LogP contribution in [0.25, 0.3) is 0 Å². The highest BCUT2D eigenvalue weighted by atomic mass is 28.3. The topological polar surface area (TPSA) is 234 Å². The third-order valence-electron chi connectivity index (χ3n) is 21.3. The molecule has 0 atom stereocenters. The molecule has 1 aromatic carbocycles. The van der Waals surface area contributed by atoms with Crippen molar-refractivity contribution in [3.63, 3.8) is 0 Å². The summed E-state index contributed by atoms with van der Waals surface area (Å²) in [6.45, 7) is 45.7. The van der Waals surface area contributed by atoms with Crippen molar-refractivity contribution in [1.29, 1.82) is 0 Å². The van der Waals surface area contributed by atoms with Crippen LogP contribution in [0, 0.1) is 0 Å². The van der Waals surface area contributed by atoms with Crippen molar-refractivity contribution in [2.75, 3.05) is 55.5 Å². The van der Waals surface area contributed by atoms with Gasteiger partial charge >= 0.3 is 0 Å². The van der Waals surface area contributed by atoms with E-state index in [1.807, 2.05) is 0 Å². The fourth-order valence-electron chi connectivity index (χ4n) is 13.0. The van der Waals surface area contributed by atoms with Crippen LogP contribution < -0.4 is 51.6 Å². The molecule has 18 N–H and O–H groups in total. The quantitative estimate of drug-likeness (QED) is 0.0282. The molecule has 0 fully saturated rings. The predicted octanol–water partition coefficient (Wildman–Crippen LogP) is 14.3. The predicted molar refractivity (Wildman–Crippen MR) is 397 cm³/mol. The van der Waals surface area contributed by atoms with Crippen LogP contribution in [0.5, 0.6) is 0 Å². The third-order valence-corrected chi connectivity index (χ3v) is 46.6. The second-order valence-corrected chi connectivity index (χ2v) is 81.8. The van der Waals surface area contributed by atoms with Gasteiger partial charge in [-0.25, -0.2) is 0 Å². The molecule has 0 saturated carbocycles. The largest absolute Gasteiger partial charge is 0.333 e. The summed E-state index contributed by atoms with van der Waals surface area (Å²) in [6.07, 6.45) is 29.9. The van der Waals surface area contributed by atoms with Crippen molar-refractivity contribution in [3.05, 3.63) is 34.9 Å². The number of hydrogen-bond donors (Lipinski definition) is 9. The molecule has 0 aliphatic rings. The molecule has 81 heavy (non-hydrogen) atoms. The fraction of sp³-hybridized carbons (Fsp3) is 0.905. The summed E-state index contributed by atoms with van der Waals surface area (Å²) in [5.74, 6) is 0. The van der Waals surface area contributed by atoms with E-state index in [0.29, 0.717) is 0 Å². The second-order valence-electron chi connectivity index (χ2n) is 34.6. The number of benzene rings is 1. The Morgan fingerprint density at radius 2 is 0.309 bits per heavy atom. The third kappa shape index (κ3) is 29.8. The Morgan fingerprint density at radius 1 is 0.210 bits per heavy atom. The van der Waals surface area contributed by atoms with Gasteiger partial charge in [-0.1, -0.05) is 248 Å². The van der Waals surface area contributed by atoms with Crippen LogP contribution in [0.4, 0.5) is 0 Å². The van der Waals surface area contributed by atoms with Crippen molar-refractivity contribution in [3.8, 4) is 0 Å². The summed E-state index contributed by atoms with van der Waals surface area (Å²) in [5.41, 5.74) is 65.1. The first-order valence-electron chi connectivity index (χ1n) is 33.7. The van der Waals surface area contributed by atoms with Crippen LogP contribution in [-0.4, -0.2) is 128 Å². The lowest BCUT2D eigenvalue weighted by atomic mass is 9.63. The van der Waals surface area contributed by atoms with Gasteiger partial charge in [0.25, 0.3) is 0 Å². The Labute approximate surface area is 515 Å². The molecule has 0 aromatic heterocycles. The summed E-state index contributed by atoms with van der Waals surface area (Å²) in [7, 11) is -14.1. The molecule has 1 aromatic rings. The monoisotopic (exact) mass is 1280 g/mol. The Hall–Kier alpha value is 0.812. The van der Waals surface area contributed by atoms with Gasteiger partial charge in [0, 0.05) is 0 Å². The number of rotatable bonds is 48. The van der Waals surface area contributed by atoms with Crippen LogP contribution in [0.2, 0.25) is 172 Å². The van der Waals surface area contributed by atoms with Gasteiger partial charge in [-0.05, 0) is 146 Å². The summed E-state index contributed by atoms with van der Waals surface area (Å²) in [6, 6.07) is 20.4. The molecular weight excluding hydrogens is 1140 g/mol. The maximum absolute atomic E-state index is 6.66. The van der Waals surface area contributed by atoms with E-state index < -0.39 is 72.7 Å². The van der Waals surface area contributed by atoms with E-state index in [1.54, 1.807) is 16.7 Å². The molecule has 480 valence electrons. The van der Waals surface area contributed by atoms with Crippen molar-refractivity contribution in [2.45, 2.75) is 304 Å². The van der Waals surface area contributed by atoms with Crippen LogP contribution in [-0.2, 0) is 16.2 Å². The maximum Gasteiger partial charge on any atom is 0.0623 e. The van der Waals surface area contributed by atoms with E-state index in [0.717, 1.165) is 55.5 Å². The van der Waals surface area contributed by atoms with E-state index in [4.69, 9.17) is 51.6 Å². The van der Waals surface area contributed by atoms with Gasteiger partial charge in [-0.2, -0.15) is 0 Å². The van der Waals surface area contributed by atoms with Gasteiger partial charge < -0.3 is 51.6 Å². The van der Waals surface area contributed by atoms with Crippen molar-refractivity contribution >= 4 is 72.7 Å². The smallest absolute Gasteiger partial charge is 0.0623 e. The van der Waals surface area contributed by atoms with E-state index in [-0.39, 0.29) is 16.2 Å². The molecule has 0 amide bonds. The Morgan fingerprint density at radius 3 is 0.395 bits per heavy atom. The zero-order chi connectivity index (χ0) is 62.3. The number of nitrogens with two attached hydrogens (primary N) is 9. The van der Waals surface area contributed by atoms with Crippen molar-refractivity contribution < 1.29 is 0 Å². The van der Waals surface area contributed by atoms with Gasteiger partial charge in [-0.15, -0.1) is 0 Å². The SMILES string of the molecule is C[Si](C)(CN)CCCC(CCC[Si](C)(C)CN)(CCC[Si](C)(C)CN)c1cc(C(CCC[Si](C)(C)CN)(CCC[Si](C)(C)CN)CCC[Si](C)(C)CN)cc(C(CCC[Si](C)(C)CN)(CCC[Si](C)(C)CN)CCC[Si](C)(C)CN)c1. The van der Waals surface area contributed by atoms with Gasteiger partial charge in [0.1, 0.15) is 0 Å². The molecule has 0 aliphatic heterocycles. The Balaban J connectivity index is 5.20. The minimum Gasteiger partial charge on any atom is -0.333 e. The lowest BCUT2D eigenvalue weighted by Gasteiger charge is -2.44. The fourth-order valence-corrected chi connectivity index (χ4v) is 25.1. The summed E-state index contributed by atoms with van der Waals surface area (Å²) < 4.78 is 0. The highest BCUT2D eigenvalue weighted by Gasteiger charge is 2.42. The molecule has 0 radical (unpaired) electrons. The van der Waals surface area contributed by atoms with Gasteiger partial charge in [-0.3, -0.25) is 0 Å². The average Bonchev–Trinajstić information content (AvgIpc) is 3.39. The molecule has 0 saturated heterocycles. The molecule has 18 heteroatoms. The van der Waals surface area contributed by atoms with E-state index in [9.17, 15) is 0 Å². The van der Waals surface area contributed by atoms with E-state index in [1.165, 1.54) is 170 Å². The van der Waals surface area contributed by atoms with Crippen LogP contribution in [0.1, 0.15) is 132 Å². The molecule has 1 rings (SSSR count). The minimum atomic E-state index is -1.57. The summed E-state index contributed by atoms with van der Waals surface area (Å²) in [5, 5.41) is 0. The Kier molecular flexibility index (Phi) is 34.8. The molecular formula is C63H147N9Si9. The standard InChI is InChI=1S/C63H147N9Si9/c1-73(2,49-64)37-19-28-61(29-20-38-74(3,4)50-65,30-21-39-75(5,6)51-66)58-46-59(62(31-22-40-76(7,8)52-67,32-23-41-77(9,10)53-68)33-24-42-78(11,12)54-69)48-60(47-58)63(34-25-43-79(13,14)55-70,35-26-44-80(15,16)56-71)36-27-45-81(17,18)57-72/h46-48H,19-45,49-57,64-72H2,1-18H3. The van der Waals surface area contributed by atoms with Crippen LogP contribution >= 0.6 is 0 Å². The second kappa shape index (κ2) is 35.3. The lowest BCUT2D eigenvalue weighted by Crippen LogP contribution is -2.40. The van der Waals surface area contributed by atoms with Gasteiger partial charge in [0.15, 0.2) is 0 Å². The first-order chi connectivity index (χ1) is 37.2. The summed E-state index contributed by atoms with van der Waals surface area (Å²) >= 11 is 0. The highest BCUT2D eigenvalue weighted by Crippen LogP contribution is 2.51. The Bertz CT molecular complexity index is 1510. The van der Waals surface area contributed by atoms with Crippen LogP contribution in [0.3, 0.4) is 0 Å². The first-order valence-corrected chi connectivity index (χ1v) is 64.4. The molecule has 0 spiro atoms. The summed E-state index contributed by atoms with van der Waals surface area (Å²) in [4.78, 5) is 0. The average molecular weight is 1280 g/mol. The lowest BCUT2D eigenvalue weighted by molar-refractivity contribution is 0.303. The molecule has 0 bridgehead atoms. The molecule has 0 unspecified atom stereocenters. The zero-order valence-corrected chi connectivity index (χ0v) is 66.9. The van der Waals surface area contributed by atoms with Crippen LogP contribution in [0.15, 0.2) is 18.2 Å². The van der Waals surface area contributed by atoms with E-state index >= 15 is 0 Å². The van der Waals surface area contributed by atoms with Gasteiger partial charge in [0.05, 0.1) is 72.7 Å². The van der Waals surface area contributed by atoms with Crippen molar-refractivity contribution in [2.24, 2.45) is 51.6 Å². The molecule has 9 nitrogen and oxygen atoms in total. The van der Waals surface area contributed by atoms with E-state index in [2.05, 4.69) is 136 Å². The minimum absolute atomic E-state index is 0.0359. The number of hydrogen-bond acceptors (Lipinski definition) is 9. The normalized spacial score (nSPS) is 14.4. The molecule has 0 heterocycles. The first kappa shape index (κ1) is 79.8. The van der Waals surface area contributed by atoms with Crippen molar-refractivity contribution in [1.82, 2.24) is 0 Å². The molecule has 0 aliphatic carbocycles. The zero-order valence-electron chi connectivity index (χ0n) is 57.9. The maximum atomic E-state index is 6.66.